The number of carbonyl (C=O) groups is 1. The van der Waals surface area contributed by atoms with Gasteiger partial charge in [0.25, 0.3) is 0 Å². The Kier molecular flexibility index (Phi) is 6.46. The highest BCUT2D eigenvalue weighted by Crippen LogP contribution is 2.43. The molecule has 29 heavy (non-hydrogen) atoms. The average molecular weight is 411 g/mol. The third-order valence-electron chi connectivity index (χ3n) is 5.05. The fraction of sp³-hybridized carbons (Fsp3) is 0.261. The lowest BCUT2D eigenvalue weighted by atomic mass is 9.78. The van der Waals surface area contributed by atoms with E-state index in [1.165, 1.54) is 25.3 Å². The molecular weight excluding hydrogens is 391 g/mol. The molecule has 1 aliphatic rings. The number of aliphatic imine (C=N–C) groups is 1. The molecule has 0 bridgehead atoms. The van der Waals surface area contributed by atoms with Crippen LogP contribution in [0.15, 0.2) is 64.9 Å². The first-order valence-corrected chi connectivity index (χ1v) is 9.56. The molecular formula is C23H20ClFN2O2. The van der Waals surface area contributed by atoms with Gasteiger partial charge in [0, 0.05) is 22.3 Å². The van der Waals surface area contributed by atoms with Gasteiger partial charge in [0.05, 0.1) is 19.6 Å². The number of esters is 1. The van der Waals surface area contributed by atoms with Gasteiger partial charge < -0.3 is 4.74 Å². The molecule has 0 aliphatic carbocycles. The number of aryl methyl sites for hydroxylation is 1. The lowest BCUT2D eigenvalue weighted by molar-refractivity contribution is -0.143. The van der Waals surface area contributed by atoms with Crippen LogP contribution in [0.25, 0.3) is 4.85 Å². The van der Waals surface area contributed by atoms with E-state index in [0.29, 0.717) is 35.5 Å². The van der Waals surface area contributed by atoms with Crippen LogP contribution in [-0.4, -0.2) is 18.8 Å². The molecule has 0 fully saturated rings. The molecule has 0 spiro atoms. The number of methoxy groups -OCH3 is 1. The summed E-state index contributed by atoms with van der Waals surface area (Å²) in [5.74, 6) is -2.43. The van der Waals surface area contributed by atoms with Crippen molar-refractivity contribution in [3.8, 4) is 0 Å². The number of carbonyl (C=O) groups excluding carboxylic acids is 1. The normalized spacial score (nSPS) is 18.8. The molecule has 0 amide bonds. The number of allylic oxidation sites excluding steroid dienone is 2. The molecule has 2 aromatic carbocycles. The number of halogens is 2. The zero-order chi connectivity index (χ0) is 21.0. The van der Waals surface area contributed by atoms with Crippen LogP contribution in [0.5, 0.6) is 0 Å². The predicted molar refractivity (Wildman–Crippen MR) is 111 cm³/mol. The van der Waals surface area contributed by atoms with Crippen molar-refractivity contribution in [3.63, 3.8) is 0 Å². The van der Waals surface area contributed by atoms with Crippen molar-refractivity contribution in [2.75, 3.05) is 7.11 Å². The summed E-state index contributed by atoms with van der Waals surface area (Å²) in [6, 6.07) is 13.9. The van der Waals surface area contributed by atoms with Gasteiger partial charge in [0.15, 0.2) is 5.70 Å². The highest BCUT2D eigenvalue weighted by Gasteiger charge is 2.41. The maximum absolute atomic E-state index is 13.6. The Morgan fingerprint density at radius 2 is 1.97 bits per heavy atom. The van der Waals surface area contributed by atoms with Gasteiger partial charge in [-0.15, -0.1) is 0 Å². The minimum atomic E-state index is -0.785. The molecule has 2 aromatic rings. The van der Waals surface area contributed by atoms with Crippen molar-refractivity contribution < 1.29 is 13.9 Å². The Labute approximate surface area is 174 Å². The van der Waals surface area contributed by atoms with Crippen LogP contribution < -0.4 is 0 Å². The van der Waals surface area contributed by atoms with Gasteiger partial charge in [-0.1, -0.05) is 48.0 Å². The number of benzene rings is 2. The minimum absolute atomic E-state index is 0.169. The topological polar surface area (TPSA) is 43.0 Å². The molecule has 148 valence electrons. The van der Waals surface area contributed by atoms with Gasteiger partial charge in [-0.05, 0) is 43.0 Å². The number of hydrogen-bond donors (Lipinski definition) is 0. The lowest BCUT2D eigenvalue weighted by Crippen LogP contribution is -2.33. The molecule has 1 aliphatic heterocycles. The summed E-state index contributed by atoms with van der Waals surface area (Å²) in [7, 11) is 1.30. The van der Waals surface area contributed by atoms with E-state index < -0.39 is 23.6 Å². The third-order valence-corrected chi connectivity index (χ3v) is 5.38. The van der Waals surface area contributed by atoms with Crippen LogP contribution in [0.2, 0.25) is 5.02 Å². The van der Waals surface area contributed by atoms with Crippen molar-refractivity contribution in [1.29, 1.82) is 0 Å². The molecule has 4 nitrogen and oxygen atoms in total. The smallest absolute Gasteiger partial charge is 0.314 e. The number of hydrogen-bond acceptors (Lipinski definition) is 3. The Morgan fingerprint density at radius 3 is 2.59 bits per heavy atom. The second-order valence-electron chi connectivity index (χ2n) is 6.83. The Balaban J connectivity index is 2.08. The maximum atomic E-state index is 13.6. The molecule has 6 heteroatoms. The van der Waals surface area contributed by atoms with Crippen molar-refractivity contribution in [3.05, 3.63) is 93.3 Å². The second-order valence-corrected chi connectivity index (χ2v) is 7.23. The first-order chi connectivity index (χ1) is 14.0. The first-order valence-electron chi connectivity index (χ1n) is 9.18. The van der Waals surface area contributed by atoms with Gasteiger partial charge in [0.2, 0.25) is 0 Å². The summed E-state index contributed by atoms with van der Waals surface area (Å²) in [4.78, 5) is 20.9. The summed E-state index contributed by atoms with van der Waals surface area (Å²) >= 11 is 6.31. The quantitative estimate of drug-likeness (QED) is 0.476. The van der Waals surface area contributed by atoms with Crippen molar-refractivity contribution in [2.45, 2.75) is 25.7 Å². The van der Waals surface area contributed by atoms with E-state index in [1.807, 2.05) is 30.3 Å². The van der Waals surface area contributed by atoms with Crippen LogP contribution >= 0.6 is 11.6 Å². The fourth-order valence-electron chi connectivity index (χ4n) is 3.66. The standard InChI is InChI=1S/C23H20ClFN2O2/c1-14-20(23(28)29-3)21(17-11-10-16(25)13-18(17)24)22(26-2)19(27-14)12-9-15-7-5-4-6-8-15/h4-8,10-11,13,20-21H,9,12H2,1,3H3. The summed E-state index contributed by atoms with van der Waals surface area (Å²) in [5, 5.41) is 0.169. The van der Waals surface area contributed by atoms with Gasteiger partial charge in [-0.2, -0.15) is 0 Å². The summed E-state index contributed by atoms with van der Waals surface area (Å²) in [6.07, 6.45) is 1.25. The monoisotopic (exact) mass is 410 g/mol. The SMILES string of the molecule is [C-]#[N+]C1=C(CCc2ccccc2)N=C(C)C(C(=O)OC)C1c1ccc(F)cc1Cl. The Morgan fingerprint density at radius 1 is 1.24 bits per heavy atom. The fourth-order valence-corrected chi connectivity index (χ4v) is 3.94. The largest absolute Gasteiger partial charge is 0.469 e. The number of nitrogens with zero attached hydrogens (tertiary/aromatic N) is 2. The van der Waals surface area contributed by atoms with Gasteiger partial charge in [-0.25, -0.2) is 9.24 Å². The van der Waals surface area contributed by atoms with E-state index in [4.69, 9.17) is 22.9 Å². The van der Waals surface area contributed by atoms with E-state index in [9.17, 15) is 9.18 Å². The second kappa shape index (κ2) is 9.02. The highest BCUT2D eigenvalue weighted by molar-refractivity contribution is 6.31. The predicted octanol–water partition coefficient (Wildman–Crippen LogP) is 5.59. The Bertz CT molecular complexity index is 1020. The molecule has 1 heterocycles. The third kappa shape index (κ3) is 4.38. The average Bonchev–Trinajstić information content (AvgIpc) is 2.72. The van der Waals surface area contributed by atoms with E-state index >= 15 is 0 Å². The molecule has 0 N–H and O–H groups in total. The molecule has 0 aromatic heterocycles. The van der Waals surface area contributed by atoms with E-state index in [1.54, 1.807) is 6.92 Å². The van der Waals surface area contributed by atoms with Gasteiger partial charge in [0.1, 0.15) is 5.82 Å². The molecule has 2 atom stereocenters. The van der Waals surface area contributed by atoms with Crippen LogP contribution in [0.1, 0.15) is 30.4 Å². The van der Waals surface area contributed by atoms with Gasteiger partial charge in [-0.3, -0.25) is 9.79 Å². The van der Waals surface area contributed by atoms with Crippen LogP contribution in [0.4, 0.5) is 4.39 Å². The highest BCUT2D eigenvalue weighted by atomic mass is 35.5. The Hall–Kier alpha value is -2.97. The maximum Gasteiger partial charge on any atom is 0.314 e. The lowest BCUT2D eigenvalue weighted by Gasteiger charge is -2.30. The van der Waals surface area contributed by atoms with Crippen LogP contribution in [0.3, 0.4) is 0 Å². The summed E-state index contributed by atoms with van der Waals surface area (Å²) < 4.78 is 18.6. The van der Waals surface area contributed by atoms with Crippen molar-refractivity contribution >= 4 is 23.3 Å². The molecule has 0 saturated heterocycles. The zero-order valence-electron chi connectivity index (χ0n) is 16.2. The molecule has 0 radical (unpaired) electrons. The summed E-state index contributed by atoms with van der Waals surface area (Å²) in [5.41, 5.74) is 3.16. The van der Waals surface area contributed by atoms with Crippen LogP contribution in [-0.2, 0) is 16.0 Å². The first kappa shape index (κ1) is 20.8. The summed E-state index contributed by atoms with van der Waals surface area (Å²) in [6.45, 7) is 9.53. The number of rotatable bonds is 5. The van der Waals surface area contributed by atoms with E-state index in [2.05, 4.69) is 9.84 Å². The van der Waals surface area contributed by atoms with E-state index in [-0.39, 0.29) is 5.02 Å². The number of ether oxygens (including phenoxy) is 1. The minimum Gasteiger partial charge on any atom is -0.469 e. The molecule has 3 rings (SSSR count). The van der Waals surface area contributed by atoms with Crippen molar-refractivity contribution in [2.24, 2.45) is 10.9 Å². The van der Waals surface area contributed by atoms with Crippen LogP contribution in [0, 0.1) is 18.3 Å². The van der Waals surface area contributed by atoms with Crippen molar-refractivity contribution in [1.82, 2.24) is 0 Å². The zero-order valence-corrected chi connectivity index (χ0v) is 16.9. The molecule has 2 unspecified atom stereocenters. The van der Waals surface area contributed by atoms with E-state index in [0.717, 1.165) is 5.56 Å². The van der Waals surface area contributed by atoms with Gasteiger partial charge >= 0.3 is 5.97 Å². The molecule has 0 saturated carbocycles.